The van der Waals surface area contributed by atoms with E-state index in [9.17, 15) is 9.59 Å². The molecule has 0 atom stereocenters. The average Bonchev–Trinajstić information content (AvgIpc) is 2.65. The van der Waals surface area contributed by atoms with Crippen LogP contribution in [0.3, 0.4) is 0 Å². The fraction of sp³-hybridized carbons (Fsp3) is 0.300. The number of likely N-dealkylation sites (N-methyl/N-ethyl adjacent to an activating group) is 1. The molecule has 0 saturated heterocycles. The maximum Gasteiger partial charge on any atom is 0.244 e. The zero-order valence-electron chi connectivity index (χ0n) is 15.0. The number of halogens is 1. The molecule has 1 N–H and O–H groups in total. The van der Waals surface area contributed by atoms with E-state index in [1.807, 2.05) is 31.2 Å². The summed E-state index contributed by atoms with van der Waals surface area (Å²) in [5.41, 5.74) is 1.63. The Morgan fingerprint density at radius 3 is 2.46 bits per heavy atom. The van der Waals surface area contributed by atoms with Gasteiger partial charge in [0.05, 0.1) is 19.3 Å². The monoisotopic (exact) mass is 374 g/mol. The highest BCUT2D eigenvalue weighted by Crippen LogP contribution is 2.22. The van der Waals surface area contributed by atoms with E-state index in [1.165, 1.54) is 0 Å². The molecule has 0 aromatic heterocycles. The predicted molar refractivity (Wildman–Crippen MR) is 104 cm³/mol. The Balaban J connectivity index is 1.89. The molecule has 0 heterocycles. The highest BCUT2D eigenvalue weighted by atomic mass is 35.5. The number of hydrogen-bond donors (Lipinski definition) is 1. The van der Waals surface area contributed by atoms with Gasteiger partial charge in [-0.2, -0.15) is 0 Å². The number of methoxy groups -OCH3 is 1. The molecule has 6 heteroatoms. The van der Waals surface area contributed by atoms with Gasteiger partial charge in [0.25, 0.3) is 0 Å². The van der Waals surface area contributed by atoms with Gasteiger partial charge in [0.2, 0.25) is 11.8 Å². The van der Waals surface area contributed by atoms with Crippen molar-refractivity contribution in [3.8, 4) is 5.75 Å². The molecule has 138 valence electrons. The van der Waals surface area contributed by atoms with Crippen LogP contribution in [-0.2, 0) is 16.0 Å². The Morgan fingerprint density at radius 2 is 1.81 bits per heavy atom. The van der Waals surface area contributed by atoms with E-state index in [2.05, 4.69) is 5.32 Å². The number of ether oxygens (including phenoxy) is 1. The Bertz CT molecular complexity index is 747. The first-order valence-electron chi connectivity index (χ1n) is 8.48. The lowest BCUT2D eigenvalue weighted by atomic mass is 10.1. The first-order valence-corrected chi connectivity index (χ1v) is 8.86. The summed E-state index contributed by atoms with van der Waals surface area (Å²) in [6, 6.07) is 14.6. The third-order valence-electron chi connectivity index (χ3n) is 3.99. The number of carbonyl (C=O) groups excluding carboxylic acids is 2. The zero-order valence-corrected chi connectivity index (χ0v) is 15.8. The number of para-hydroxylation sites is 2. The molecular formula is C20H23ClN2O3. The van der Waals surface area contributed by atoms with Gasteiger partial charge in [0, 0.05) is 18.0 Å². The minimum atomic E-state index is -0.254. The van der Waals surface area contributed by atoms with Crippen LogP contribution in [0.5, 0.6) is 5.75 Å². The Labute approximate surface area is 158 Å². The van der Waals surface area contributed by atoms with Gasteiger partial charge in [-0.1, -0.05) is 35.9 Å². The molecule has 2 aromatic carbocycles. The van der Waals surface area contributed by atoms with Gasteiger partial charge in [0.15, 0.2) is 0 Å². The average molecular weight is 375 g/mol. The summed E-state index contributed by atoms with van der Waals surface area (Å²) in [6.45, 7) is 2.34. The number of anilines is 1. The lowest BCUT2D eigenvalue weighted by Crippen LogP contribution is -2.38. The molecule has 0 aliphatic heterocycles. The first-order chi connectivity index (χ1) is 12.5. The minimum absolute atomic E-state index is 0.00794. The summed E-state index contributed by atoms with van der Waals surface area (Å²) in [7, 11) is 1.55. The summed E-state index contributed by atoms with van der Waals surface area (Å²) < 4.78 is 5.22. The standard InChI is InChI=1S/C20H23ClN2O3/c1-3-23(20(25)13-10-15-8-11-16(21)12-9-15)14-19(24)22-17-6-4-5-7-18(17)26-2/h4-9,11-12H,3,10,13-14H2,1-2H3,(H,22,24). The highest BCUT2D eigenvalue weighted by Gasteiger charge is 2.16. The Hall–Kier alpha value is -2.53. The van der Waals surface area contributed by atoms with Crippen molar-refractivity contribution in [2.24, 2.45) is 0 Å². The van der Waals surface area contributed by atoms with E-state index in [4.69, 9.17) is 16.3 Å². The summed E-state index contributed by atoms with van der Waals surface area (Å²) >= 11 is 5.86. The Morgan fingerprint density at radius 1 is 1.12 bits per heavy atom. The summed E-state index contributed by atoms with van der Waals surface area (Å²) in [4.78, 5) is 26.3. The van der Waals surface area contributed by atoms with E-state index >= 15 is 0 Å². The van der Waals surface area contributed by atoms with Crippen LogP contribution < -0.4 is 10.1 Å². The molecule has 0 saturated carbocycles. The van der Waals surface area contributed by atoms with Crippen LogP contribution in [0.1, 0.15) is 18.9 Å². The summed E-state index contributed by atoms with van der Waals surface area (Å²) in [6.07, 6.45) is 0.956. The zero-order chi connectivity index (χ0) is 18.9. The van der Waals surface area contributed by atoms with Crippen molar-refractivity contribution in [2.45, 2.75) is 19.8 Å². The molecule has 0 bridgehead atoms. The van der Waals surface area contributed by atoms with E-state index in [0.29, 0.717) is 35.8 Å². The molecule has 0 unspecified atom stereocenters. The number of amides is 2. The van der Waals surface area contributed by atoms with Crippen molar-refractivity contribution in [3.05, 3.63) is 59.1 Å². The SMILES string of the molecule is CCN(CC(=O)Nc1ccccc1OC)C(=O)CCc1ccc(Cl)cc1. The van der Waals surface area contributed by atoms with Crippen LogP contribution >= 0.6 is 11.6 Å². The second-order valence-electron chi connectivity index (χ2n) is 5.78. The maximum atomic E-state index is 12.4. The third kappa shape index (κ3) is 5.77. The topological polar surface area (TPSA) is 58.6 Å². The van der Waals surface area contributed by atoms with Gasteiger partial charge in [-0.25, -0.2) is 0 Å². The van der Waals surface area contributed by atoms with Crippen LogP contribution in [0, 0.1) is 0 Å². The van der Waals surface area contributed by atoms with E-state index in [1.54, 1.807) is 36.3 Å². The molecule has 0 spiro atoms. The van der Waals surface area contributed by atoms with Crippen molar-refractivity contribution < 1.29 is 14.3 Å². The maximum absolute atomic E-state index is 12.4. The number of nitrogens with zero attached hydrogens (tertiary/aromatic N) is 1. The molecule has 0 aliphatic rings. The lowest BCUT2D eigenvalue weighted by Gasteiger charge is -2.21. The second-order valence-corrected chi connectivity index (χ2v) is 6.22. The molecule has 5 nitrogen and oxygen atoms in total. The van der Waals surface area contributed by atoms with Crippen molar-refractivity contribution >= 4 is 29.1 Å². The van der Waals surface area contributed by atoms with Crippen LogP contribution in [0.15, 0.2) is 48.5 Å². The molecule has 2 aromatic rings. The molecule has 0 radical (unpaired) electrons. The van der Waals surface area contributed by atoms with Crippen molar-refractivity contribution in [1.29, 1.82) is 0 Å². The smallest absolute Gasteiger partial charge is 0.244 e. The second kappa shape index (κ2) is 9.82. The van der Waals surface area contributed by atoms with E-state index < -0.39 is 0 Å². The largest absolute Gasteiger partial charge is 0.495 e. The molecule has 26 heavy (non-hydrogen) atoms. The summed E-state index contributed by atoms with van der Waals surface area (Å²) in [5.74, 6) is 0.270. The number of benzene rings is 2. The number of aryl methyl sites for hydroxylation is 1. The number of carbonyl (C=O) groups is 2. The van der Waals surface area contributed by atoms with Crippen LogP contribution in [-0.4, -0.2) is 36.9 Å². The van der Waals surface area contributed by atoms with E-state index in [-0.39, 0.29) is 18.4 Å². The first kappa shape index (κ1) is 19.8. The van der Waals surface area contributed by atoms with Gasteiger partial charge in [0.1, 0.15) is 5.75 Å². The van der Waals surface area contributed by atoms with Crippen LogP contribution in [0.25, 0.3) is 0 Å². The van der Waals surface area contributed by atoms with Crippen LogP contribution in [0.2, 0.25) is 5.02 Å². The molecule has 2 amide bonds. The van der Waals surface area contributed by atoms with Crippen LogP contribution in [0.4, 0.5) is 5.69 Å². The van der Waals surface area contributed by atoms with Crippen molar-refractivity contribution in [1.82, 2.24) is 4.90 Å². The third-order valence-corrected chi connectivity index (χ3v) is 4.24. The van der Waals surface area contributed by atoms with Gasteiger partial charge in [-0.15, -0.1) is 0 Å². The summed E-state index contributed by atoms with van der Waals surface area (Å²) in [5, 5.41) is 3.46. The predicted octanol–water partition coefficient (Wildman–Crippen LogP) is 3.77. The molecule has 2 rings (SSSR count). The fourth-order valence-corrected chi connectivity index (χ4v) is 2.67. The number of nitrogens with one attached hydrogen (secondary N) is 1. The normalized spacial score (nSPS) is 10.3. The van der Waals surface area contributed by atoms with Gasteiger partial charge in [-0.3, -0.25) is 9.59 Å². The number of rotatable bonds is 8. The van der Waals surface area contributed by atoms with Crippen molar-refractivity contribution in [3.63, 3.8) is 0 Å². The van der Waals surface area contributed by atoms with Gasteiger partial charge in [-0.05, 0) is 43.2 Å². The molecule has 0 aliphatic carbocycles. The lowest BCUT2D eigenvalue weighted by molar-refractivity contribution is -0.134. The van der Waals surface area contributed by atoms with Crippen molar-refractivity contribution in [2.75, 3.05) is 25.5 Å². The molecular weight excluding hydrogens is 352 g/mol. The highest BCUT2D eigenvalue weighted by molar-refractivity contribution is 6.30. The van der Waals surface area contributed by atoms with Gasteiger partial charge < -0.3 is 15.0 Å². The Kier molecular flexibility index (Phi) is 7.48. The van der Waals surface area contributed by atoms with E-state index in [0.717, 1.165) is 5.56 Å². The molecule has 0 fully saturated rings. The number of hydrogen-bond acceptors (Lipinski definition) is 3. The quantitative estimate of drug-likeness (QED) is 0.765. The fourth-order valence-electron chi connectivity index (χ4n) is 2.55. The van der Waals surface area contributed by atoms with Gasteiger partial charge >= 0.3 is 0 Å². The minimum Gasteiger partial charge on any atom is -0.495 e.